The molecule has 0 aliphatic heterocycles. The summed E-state index contributed by atoms with van der Waals surface area (Å²) < 4.78 is 12.1. The first-order chi connectivity index (χ1) is 16.0. The minimum absolute atomic E-state index is 0.145. The van der Waals surface area contributed by atoms with Crippen LogP contribution in [-0.2, 0) is 11.3 Å². The van der Waals surface area contributed by atoms with Crippen LogP contribution in [-0.4, -0.2) is 34.7 Å². The average molecular weight is 465 g/mol. The topological polar surface area (TPSA) is 95.3 Å². The second kappa shape index (κ2) is 9.83. The smallest absolute Gasteiger partial charge is 0.261 e. The van der Waals surface area contributed by atoms with Crippen molar-refractivity contribution in [3.05, 3.63) is 64.0 Å². The number of thiazole rings is 1. The number of aryl methyl sites for hydroxylation is 2. The molecule has 0 bridgehead atoms. The van der Waals surface area contributed by atoms with Crippen LogP contribution in [0.5, 0.6) is 11.5 Å². The van der Waals surface area contributed by atoms with Crippen LogP contribution >= 0.6 is 11.3 Å². The van der Waals surface area contributed by atoms with Gasteiger partial charge >= 0.3 is 0 Å². The van der Waals surface area contributed by atoms with Crippen molar-refractivity contribution in [3.63, 3.8) is 0 Å². The maximum atomic E-state index is 12.8. The molecular weight excluding hydrogens is 440 g/mol. The number of ether oxygens (including phenoxy) is 2. The molecule has 0 aliphatic rings. The van der Waals surface area contributed by atoms with Crippen LogP contribution in [0.3, 0.4) is 0 Å². The van der Waals surface area contributed by atoms with E-state index in [9.17, 15) is 9.59 Å². The number of carbonyl (C=O) groups is 1. The second-order valence-corrected chi connectivity index (χ2v) is 8.33. The number of nitrogens with one attached hydrogen (secondary N) is 1. The Hall–Kier alpha value is -3.72. The van der Waals surface area contributed by atoms with Crippen molar-refractivity contribution in [1.29, 1.82) is 0 Å². The molecule has 0 aliphatic carbocycles. The molecule has 9 heteroatoms. The molecule has 0 radical (unpaired) electrons. The van der Waals surface area contributed by atoms with Gasteiger partial charge in [-0.2, -0.15) is 0 Å². The summed E-state index contributed by atoms with van der Waals surface area (Å²) in [4.78, 5) is 34.1. The molecule has 4 aromatic rings. The first-order valence-corrected chi connectivity index (χ1v) is 11.3. The van der Waals surface area contributed by atoms with Crippen LogP contribution < -0.4 is 20.3 Å². The highest BCUT2D eigenvalue weighted by atomic mass is 32.1. The van der Waals surface area contributed by atoms with Gasteiger partial charge in [-0.15, -0.1) is 11.3 Å². The van der Waals surface area contributed by atoms with Crippen molar-refractivity contribution >= 4 is 33.3 Å². The summed E-state index contributed by atoms with van der Waals surface area (Å²) >= 11 is 1.39. The summed E-state index contributed by atoms with van der Waals surface area (Å²) in [7, 11) is 3.05. The van der Waals surface area contributed by atoms with Crippen LogP contribution in [0.15, 0.2) is 52.9 Å². The third-order valence-corrected chi connectivity index (χ3v) is 6.06. The SMILES string of the molecule is COc1cc2ncn(CCCC(=O)Nc3nc(-c4ccccc4C)cs3)c(=O)c2cc1OC. The van der Waals surface area contributed by atoms with E-state index in [4.69, 9.17) is 9.47 Å². The number of nitrogens with zero attached hydrogens (tertiary/aromatic N) is 3. The van der Waals surface area contributed by atoms with Crippen molar-refractivity contribution in [2.24, 2.45) is 0 Å². The summed E-state index contributed by atoms with van der Waals surface area (Å²) in [5.74, 6) is 0.836. The summed E-state index contributed by atoms with van der Waals surface area (Å²) in [6, 6.07) is 11.3. The Labute approximate surface area is 194 Å². The molecule has 2 aromatic heterocycles. The Morgan fingerprint density at radius 3 is 2.67 bits per heavy atom. The van der Waals surface area contributed by atoms with E-state index in [1.54, 1.807) is 12.1 Å². The minimum atomic E-state index is -0.191. The lowest BCUT2D eigenvalue weighted by Gasteiger charge is -2.10. The predicted octanol–water partition coefficient (Wildman–Crippen LogP) is 4.26. The van der Waals surface area contributed by atoms with Crippen LogP contribution in [0.25, 0.3) is 22.2 Å². The third-order valence-electron chi connectivity index (χ3n) is 5.30. The molecule has 2 heterocycles. The van der Waals surface area contributed by atoms with Gasteiger partial charge in [-0.25, -0.2) is 9.97 Å². The number of anilines is 1. The molecular formula is C24H24N4O4S. The number of benzene rings is 2. The first kappa shape index (κ1) is 22.5. The van der Waals surface area contributed by atoms with Gasteiger partial charge in [-0.05, 0) is 25.0 Å². The summed E-state index contributed by atoms with van der Waals surface area (Å²) in [6.45, 7) is 2.40. The van der Waals surface area contributed by atoms with Crippen molar-refractivity contribution < 1.29 is 14.3 Å². The molecule has 0 spiro atoms. The molecule has 33 heavy (non-hydrogen) atoms. The molecule has 0 saturated carbocycles. The van der Waals surface area contributed by atoms with Gasteiger partial charge in [0.15, 0.2) is 16.6 Å². The van der Waals surface area contributed by atoms with Crippen molar-refractivity contribution in [2.75, 3.05) is 19.5 Å². The largest absolute Gasteiger partial charge is 0.493 e. The van der Waals surface area contributed by atoms with E-state index in [-0.39, 0.29) is 17.9 Å². The molecule has 0 atom stereocenters. The third kappa shape index (κ3) is 4.88. The van der Waals surface area contributed by atoms with Gasteiger partial charge in [0.05, 0.1) is 37.1 Å². The van der Waals surface area contributed by atoms with E-state index < -0.39 is 0 Å². The number of hydrogen-bond donors (Lipinski definition) is 1. The summed E-state index contributed by atoms with van der Waals surface area (Å²) in [5.41, 5.74) is 3.36. The molecule has 1 N–H and O–H groups in total. The number of amides is 1. The molecule has 8 nitrogen and oxygen atoms in total. The number of aromatic nitrogens is 3. The van der Waals surface area contributed by atoms with E-state index in [1.807, 2.05) is 36.6 Å². The van der Waals surface area contributed by atoms with Crippen LogP contribution in [0.4, 0.5) is 5.13 Å². The van der Waals surface area contributed by atoms with Crippen molar-refractivity contribution in [2.45, 2.75) is 26.3 Å². The number of hydrogen-bond acceptors (Lipinski definition) is 7. The van der Waals surface area contributed by atoms with E-state index in [0.29, 0.717) is 40.5 Å². The number of fused-ring (bicyclic) bond motifs is 1. The zero-order valence-corrected chi connectivity index (χ0v) is 19.4. The van der Waals surface area contributed by atoms with Gasteiger partial charge in [-0.1, -0.05) is 24.3 Å². The quantitative estimate of drug-likeness (QED) is 0.419. The van der Waals surface area contributed by atoms with E-state index >= 15 is 0 Å². The average Bonchev–Trinajstić information content (AvgIpc) is 3.28. The second-order valence-electron chi connectivity index (χ2n) is 7.47. The Bertz CT molecular complexity index is 1360. The van der Waals surface area contributed by atoms with Gasteiger partial charge in [-0.3, -0.25) is 14.2 Å². The summed E-state index contributed by atoms with van der Waals surface area (Å²) in [5, 5.41) is 5.77. The fourth-order valence-corrected chi connectivity index (χ4v) is 4.28. The van der Waals surface area contributed by atoms with Crippen LogP contribution in [0.1, 0.15) is 18.4 Å². The molecule has 0 unspecified atom stereocenters. The van der Waals surface area contributed by atoms with Gasteiger partial charge in [0, 0.05) is 30.0 Å². The number of rotatable bonds is 8. The number of methoxy groups -OCH3 is 2. The Kier molecular flexibility index (Phi) is 6.69. The Morgan fingerprint density at radius 2 is 1.91 bits per heavy atom. The van der Waals surface area contributed by atoms with Gasteiger partial charge in [0.2, 0.25) is 5.91 Å². The molecule has 1 amide bonds. The van der Waals surface area contributed by atoms with E-state index in [0.717, 1.165) is 16.8 Å². The first-order valence-electron chi connectivity index (χ1n) is 10.4. The lowest BCUT2D eigenvalue weighted by atomic mass is 10.1. The zero-order chi connectivity index (χ0) is 23.4. The van der Waals surface area contributed by atoms with Crippen molar-refractivity contribution in [3.8, 4) is 22.8 Å². The molecule has 0 saturated heterocycles. The molecule has 4 rings (SSSR count). The van der Waals surface area contributed by atoms with Gasteiger partial charge in [0.25, 0.3) is 5.56 Å². The standard InChI is InChI=1S/C24H24N4O4S/c1-15-7-4-5-8-16(15)19-13-33-24(26-19)27-22(29)9-6-10-28-14-25-18-12-21(32-3)20(31-2)11-17(18)23(28)30/h4-5,7-8,11-14H,6,9-10H2,1-3H3,(H,26,27,29). The van der Waals surface area contributed by atoms with E-state index in [1.165, 1.54) is 36.5 Å². The highest BCUT2D eigenvalue weighted by Gasteiger charge is 2.12. The normalized spacial score (nSPS) is 10.9. The Morgan fingerprint density at radius 1 is 1.15 bits per heavy atom. The van der Waals surface area contributed by atoms with Crippen LogP contribution in [0.2, 0.25) is 0 Å². The maximum Gasteiger partial charge on any atom is 0.261 e. The van der Waals surface area contributed by atoms with E-state index in [2.05, 4.69) is 15.3 Å². The molecule has 0 fully saturated rings. The van der Waals surface area contributed by atoms with Gasteiger partial charge < -0.3 is 14.8 Å². The predicted molar refractivity (Wildman–Crippen MR) is 129 cm³/mol. The minimum Gasteiger partial charge on any atom is -0.493 e. The highest BCUT2D eigenvalue weighted by molar-refractivity contribution is 7.14. The fraction of sp³-hybridized carbons (Fsp3) is 0.250. The zero-order valence-electron chi connectivity index (χ0n) is 18.6. The fourth-order valence-electron chi connectivity index (χ4n) is 3.55. The van der Waals surface area contributed by atoms with Gasteiger partial charge in [0.1, 0.15) is 0 Å². The molecule has 2 aromatic carbocycles. The molecule has 170 valence electrons. The highest BCUT2D eigenvalue weighted by Crippen LogP contribution is 2.30. The lowest BCUT2D eigenvalue weighted by molar-refractivity contribution is -0.116. The van der Waals surface area contributed by atoms with Crippen LogP contribution in [0, 0.1) is 6.92 Å². The maximum absolute atomic E-state index is 12.8. The lowest BCUT2D eigenvalue weighted by Crippen LogP contribution is -2.22. The summed E-state index contributed by atoms with van der Waals surface area (Å²) in [6.07, 6.45) is 2.24. The Balaban J connectivity index is 1.38. The number of carbonyl (C=O) groups excluding carboxylic acids is 1. The monoisotopic (exact) mass is 464 g/mol. The van der Waals surface area contributed by atoms with Crippen molar-refractivity contribution in [1.82, 2.24) is 14.5 Å².